The Morgan fingerprint density at radius 2 is 1.55 bits per heavy atom. The number of piperidine rings is 1. The molecule has 1 fully saturated rings. The lowest BCUT2D eigenvalue weighted by Crippen LogP contribution is -2.56. The van der Waals surface area contributed by atoms with E-state index >= 15 is 0 Å². The highest BCUT2D eigenvalue weighted by atomic mass is 19.4. The first-order valence-electron chi connectivity index (χ1n) is 6.11. The predicted octanol–water partition coefficient (Wildman–Crippen LogP) is 1.70. The molecule has 1 atom stereocenters. The molecule has 0 aromatic carbocycles. The molecule has 9 heteroatoms. The number of likely N-dealkylation sites (tertiary alicyclic amines) is 1. The molecule has 0 aromatic rings. The standard InChI is InChI=1S/C11H15F5N2O2/c1-7(8(19)18-5-3-2-4-6-18)17-9(20)10(12,13)11(14,15)16/h7H,2-6H2,1H3,(H,17,20). The Labute approximate surface area is 112 Å². The first-order valence-corrected chi connectivity index (χ1v) is 6.11. The zero-order valence-corrected chi connectivity index (χ0v) is 10.8. The molecule has 0 aliphatic carbocycles. The maximum absolute atomic E-state index is 12.7. The van der Waals surface area contributed by atoms with Crippen LogP contribution in [0.5, 0.6) is 0 Å². The SMILES string of the molecule is CC(NC(=O)C(F)(F)C(F)(F)F)C(=O)N1CCCCC1. The van der Waals surface area contributed by atoms with Crippen molar-refractivity contribution in [1.29, 1.82) is 0 Å². The molecule has 1 rings (SSSR count). The quantitative estimate of drug-likeness (QED) is 0.807. The molecule has 116 valence electrons. The molecule has 4 nitrogen and oxygen atoms in total. The molecule has 0 bridgehead atoms. The van der Waals surface area contributed by atoms with Crippen LogP contribution in [0.1, 0.15) is 26.2 Å². The number of carbonyl (C=O) groups is 2. The van der Waals surface area contributed by atoms with Crippen molar-refractivity contribution in [2.45, 2.75) is 44.3 Å². The van der Waals surface area contributed by atoms with Gasteiger partial charge in [0.1, 0.15) is 6.04 Å². The van der Waals surface area contributed by atoms with Crippen molar-refractivity contribution < 1.29 is 31.5 Å². The van der Waals surface area contributed by atoms with Gasteiger partial charge in [-0.2, -0.15) is 22.0 Å². The Hall–Kier alpha value is -1.41. The molecule has 0 spiro atoms. The van der Waals surface area contributed by atoms with Crippen LogP contribution in [0, 0.1) is 0 Å². The van der Waals surface area contributed by atoms with Crippen LogP contribution in [-0.2, 0) is 9.59 Å². The van der Waals surface area contributed by atoms with Crippen LogP contribution in [0.25, 0.3) is 0 Å². The molecule has 1 heterocycles. The second-order valence-electron chi connectivity index (χ2n) is 4.65. The molecular weight excluding hydrogens is 287 g/mol. The fourth-order valence-electron chi connectivity index (χ4n) is 1.87. The minimum absolute atomic E-state index is 0.411. The molecule has 0 saturated carbocycles. The summed E-state index contributed by atoms with van der Waals surface area (Å²) in [5.74, 6) is -8.68. The maximum atomic E-state index is 12.7. The Morgan fingerprint density at radius 3 is 2.00 bits per heavy atom. The van der Waals surface area contributed by atoms with Gasteiger partial charge >= 0.3 is 18.0 Å². The van der Waals surface area contributed by atoms with Crippen molar-refractivity contribution in [1.82, 2.24) is 10.2 Å². The Balaban J connectivity index is 2.63. The zero-order valence-electron chi connectivity index (χ0n) is 10.8. The summed E-state index contributed by atoms with van der Waals surface area (Å²) in [5.41, 5.74) is 0. The van der Waals surface area contributed by atoms with Crippen molar-refractivity contribution in [2.24, 2.45) is 0 Å². The van der Waals surface area contributed by atoms with Crippen molar-refractivity contribution in [3.8, 4) is 0 Å². The minimum atomic E-state index is -5.98. The molecule has 1 unspecified atom stereocenters. The van der Waals surface area contributed by atoms with E-state index in [1.165, 1.54) is 10.2 Å². The highest BCUT2D eigenvalue weighted by Crippen LogP contribution is 2.35. The number of hydrogen-bond acceptors (Lipinski definition) is 2. The summed E-state index contributed by atoms with van der Waals surface area (Å²) in [6.45, 7) is 1.91. The van der Waals surface area contributed by atoms with E-state index in [-0.39, 0.29) is 0 Å². The fourth-order valence-corrected chi connectivity index (χ4v) is 1.87. The molecular formula is C11H15F5N2O2. The third kappa shape index (κ3) is 3.57. The van der Waals surface area contributed by atoms with Crippen molar-refractivity contribution in [2.75, 3.05) is 13.1 Å². The molecule has 0 aromatic heterocycles. The van der Waals surface area contributed by atoms with Crippen LogP contribution in [0.15, 0.2) is 0 Å². The van der Waals surface area contributed by atoms with Gasteiger partial charge in [-0.25, -0.2) is 0 Å². The molecule has 20 heavy (non-hydrogen) atoms. The molecule has 1 saturated heterocycles. The van der Waals surface area contributed by atoms with E-state index in [0.717, 1.165) is 26.2 Å². The van der Waals surface area contributed by atoms with Gasteiger partial charge in [0, 0.05) is 13.1 Å². The second kappa shape index (κ2) is 5.92. The molecule has 1 N–H and O–H groups in total. The van der Waals surface area contributed by atoms with Crippen LogP contribution < -0.4 is 5.32 Å². The highest BCUT2D eigenvalue weighted by Gasteiger charge is 2.63. The van der Waals surface area contributed by atoms with Gasteiger partial charge in [0.25, 0.3) is 0 Å². The maximum Gasteiger partial charge on any atom is 0.463 e. The Kier molecular flexibility index (Phi) is 4.93. The average molecular weight is 302 g/mol. The number of rotatable bonds is 3. The number of nitrogens with one attached hydrogen (secondary N) is 1. The van der Waals surface area contributed by atoms with Gasteiger partial charge in [-0.1, -0.05) is 0 Å². The Morgan fingerprint density at radius 1 is 1.05 bits per heavy atom. The van der Waals surface area contributed by atoms with Crippen LogP contribution in [-0.4, -0.2) is 47.9 Å². The smallest absolute Gasteiger partial charge is 0.341 e. The van der Waals surface area contributed by atoms with Gasteiger partial charge in [0.2, 0.25) is 5.91 Å². The van der Waals surface area contributed by atoms with E-state index in [4.69, 9.17) is 0 Å². The number of halogens is 5. The second-order valence-corrected chi connectivity index (χ2v) is 4.65. The molecule has 0 radical (unpaired) electrons. The lowest BCUT2D eigenvalue weighted by Gasteiger charge is -2.30. The normalized spacial score (nSPS) is 18.6. The van der Waals surface area contributed by atoms with Gasteiger partial charge < -0.3 is 10.2 Å². The molecule has 1 aliphatic heterocycles. The summed E-state index contributed by atoms with van der Waals surface area (Å²) in [5, 5.41) is 1.42. The fraction of sp³-hybridized carbons (Fsp3) is 0.818. The van der Waals surface area contributed by atoms with E-state index in [1.54, 1.807) is 0 Å². The highest BCUT2D eigenvalue weighted by molar-refractivity contribution is 5.90. The van der Waals surface area contributed by atoms with Gasteiger partial charge in [-0.15, -0.1) is 0 Å². The summed E-state index contributed by atoms with van der Waals surface area (Å²) in [7, 11) is 0. The zero-order chi connectivity index (χ0) is 15.6. The van der Waals surface area contributed by atoms with Crippen molar-refractivity contribution >= 4 is 11.8 Å². The number of amides is 2. The summed E-state index contributed by atoms with van der Waals surface area (Å²) in [6, 6.07) is -1.42. The first-order chi connectivity index (χ1) is 9.07. The Bertz CT molecular complexity index is 377. The topological polar surface area (TPSA) is 49.4 Å². The number of alkyl halides is 5. The van der Waals surface area contributed by atoms with Crippen LogP contribution in [0.4, 0.5) is 22.0 Å². The van der Waals surface area contributed by atoms with Crippen molar-refractivity contribution in [3.05, 3.63) is 0 Å². The van der Waals surface area contributed by atoms with E-state index in [2.05, 4.69) is 0 Å². The predicted molar refractivity (Wildman–Crippen MR) is 59.0 cm³/mol. The first kappa shape index (κ1) is 16.6. The third-order valence-electron chi connectivity index (χ3n) is 3.03. The lowest BCUT2D eigenvalue weighted by atomic mass is 10.1. The number of nitrogens with zero attached hydrogens (tertiary/aromatic N) is 1. The van der Waals surface area contributed by atoms with Gasteiger partial charge in [0.15, 0.2) is 0 Å². The van der Waals surface area contributed by atoms with Gasteiger partial charge in [-0.05, 0) is 26.2 Å². The van der Waals surface area contributed by atoms with Crippen LogP contribution >= 0.6 is 0 Å². The monoisotopic (exact) mass is 302 g/mol. The van der Waals surface area contributed by atoms with E-state index < -0.39 is 30.0 Å². The van der Waals surface area contributed by atoms with Crippen LogP contribution in [0.2, 0.25) is 0 Å². The molecule has 1 aliphatic rings. The number of hydrogen-bond donors (Lipinski definition) is 1. The summed E-state index contributed by atoms with van der Waals surface area (Å²) >= 11 is 0. The van der Waals surface area contributed by atoms with Gasteiger partial charge in [0.05, 0.1) is 0 Å². The summed E-state index contributed by atoms with van der Waals surface area (Å²) in [4.78, 5) is 24.1. The van der Waals surface area contributed by atoms with Crippen molar-refractivity contribution in [3.63, 3.8) is 0 Å². The average Bonchev–Trinajstić information content (AvgIpc) is 2.37. The molecule has 2 amide bonds. The van der Waals surface area contributed by atoms with Crippen LogP contribution in [0.3, 0.4) is 0 Å². The third-order valence-corrected chi connectivity index (χ3v) is 3.03. The van der Waals surface area contributed by atoms with E-state index in [9.17, 15) is 31.5 Å². The largest absolute Gasteiger partial charge is 0.463 e. The number of carbonyl (C=O) groups excluding carboxylic acids is 2. The minimum Gasteiger partial charge on any atom is -0.341 e. The summed E-state index contributed by atoms with van der Waals surface area (Å²) < 4.78 is 61.4. The summed E-state index contributed by atoms with van der Waals surface area (Å²) in [6.07, 6.45) is -3.57. The van der Waals surface area contributed by atoms with E-state index in [1.807, 2.05) is 0 Å². The van der Waals surface area contributed by atoms with Gasteiger partial charge in [-0.3, -0.25) is 9.59 Å². The van der Waals surface area contributed by atoms with E-state index in [0.29, 0.717) is 13.1 Å². The lowest BCUT2D eigenvalue weighted by molar-refractivity contribution is -0.270.